The second-order valence-corrected chi connectivity index (χ2v) is 19.1. The molecule has 0 aromatic heterocycles. The van der Waals surface area contributed by atoms with E-state index in [1.165, 1.54) is 64.2 Å². The van der Waals surface area contributed by atoms with Crippen molar-refractivity contribution in [1.82, 2.24) is 0 Å². The first-order valence-electron chi connectivity index (χ1n) is 14.9. The van der Waals surface area contributed by atoms with Crippen molar-refractivity contribution in [3.8, 4) is 0 Å². The molecular weight excluding hydrogens is 428 g/mol. The predicted octanol–water partition coefficient (Wildman–Crippen LogP) is 9.80. The lowest BCUT2D eigenvalue weighted by atomic mass is 9.47. The number of allylic oxidation sites excluding steroid dienone is 3. The summed E-state index contributed by atoms with van der Waals surface area (Å²) in [5.41, 5.74) is 4.48. The molecule has 0 spiro atoms. The lowest BCUT2D eigenvalue weighted by molar-refractivity contribution is -0.0561. The van der Waals surface area contributed by atoms with Gasteiger partial charge in [0.25, 0.3) is 0 Å². The first-order valence-corrected chi connectivity index (χ1v) is 18.3. The van der Waals surface area contributed by atoms with Gasteiger partial charge >= 0.3 is 0 Å². The van der Waals surface area contributed by atoms with Crippen LogP contribution in [0.3, 0.4) is 0 Å². The summed E-state index contributed by atoms with van der Waals surface area (Å²) in [5.74, 6) is 5.30. The summed E-state index contributed by atoms with van der Waals surface area (Å²) < 4.78 is 6.59. The average molecular weight is 485 g/mol. The summed E-state index contributed by atoms with van der Waals surface area (Å²) in [7, 11) is -1.46. The van der Waals surface area contributed by atoms with E-state index in [1.807, 2.05) is 0 Å². The Morgan fingerprint density at radius 2 is 1.79 bits per heavy atom. The molecule has 3 saturated carbocycles. The molecule has 4 rings (SSSR count). The first kappa shape index (κ1) is 26.7. The zero-order valence-electron chi connectivity index (χ0n) is 24.2. The van der Waals surface area contributed by atoms with Crippen molar-refractivity contribution in [2.24, 2.45) is 46.3 Å². The van der Waals surface area contributed by atoms with E-state index in [2.05, 4.69) is 73.3 Å². The van der Waals surface area contributed by atoms with Gasteiger partial charge in [-0.1, -0.05) is 57.9 Å². The maximum atomic E-state index is 6.59. The van der Waals surface area contributed by atoms with E-state index in [0.717, 1.165) is 29.6 Å². The fourth-order valence-corrected chi connectivity index (χ4v) is 10.8. The van der Waals surface area contributed by atoms with Crippen LogP contribution in [-0.4, -0.2) is 14.4 Å². The molecule has 1 unspecified atom stereocenters. The molecule has 0 aliphatic heterocycles. The lowest BCUT2D eigenvalue weighted by Crippen LogP contribution is -2.51. The Hall–Kier alpha value is -0.343. The summed E-state index contributed by atoms with van der Waals surface area (Å²) >= 11 is 0. The minimum atomic E-state index is -1.46. The van der Waals surface area contributed by atoms with Crippen molar-refractivity contribution < 1.29 is 4.43 Å². The third-order valence-electron chi connectivity index (χ3n) is 11.3. The predicted molar refractivity (Wildman–Crippen MR) is 150 cm³/mol. The summed E-state index contributed by atoms with van der Waals surface area (Å²) in [6, 6.07) is 0. The van der Waals surface area contributed by atoms with E-state index < -0.39 is 8.32 Å². The van der Waals surface area contributed by atoms with Crippen molar-refractivity contribution in [1.29, 1.82) is 0 Å². The van der Waals surface area contributed by atoms with Gasteiger partial charge in [-0.05, 0) is 137 Å². The van der Waals surface area contributed by atoms with Gasteiger partial charge in [0.1, 0.15) is 0 Å². The highest BCUT2D eigenvalue weighted by Gasteiger charge is 2.59. The van der Waals surface area contributed by atoms with Gasteiger partial charge in [0.15, 0.2) is 8.32 Å². The van der Waals surface area contributed by atoms with Crippen LogP contribution in [-0.2, 0) is 4.43 Å². The van der Waals surface area contributed by atoms with Gasteiger partial charge in [-0.25, -0.2) is 0 Å². The summed E-state index contributed by atoms with van der Waals surface area (Å²) in [4.78, 5) is 0. The van der Waals surface area contributed by atoms with E-state index in [4.69, 9.17) is 4.43 Å². The van der Waals surface area contributed by atoms with Crippen molar-refractivity contribution in [2.75, 3.05) is 0 Å². The largest absolute Gasteiger partial charge is 0.414 e. The molecule has 0 saturated heterocycles. The van der Waals surface area contributed by atoms with Crippen molar-refractivity contribution in [2.45, 2.75) is 131 Å². The Morgan fingerprint density at radius 3 is 2.44 bits per heavy atom. The third-order valence-corrected chi connectivity index (χ3v) is 12.4. The van der Waals surface area contributed by atoms with Gasteiger partial charge in [-0.3, -0.25) is 0 Å². The summed E-state index contributed by atoms with van der Waals surface area (Å²) in [6.07, 6.45) is 19.4. The average Bonchev–Trinajstić information content (AvgIpc) is 3.10. The minimum absolute atomic E-state index is 0.450. The molecule has 194 valence electrons. The Morgan fingerprint density at radius 1 is 1.06 bits per heavy atom. The second kappa shape index (κ2) is 9.84. The van der Waals surface area contributed by atoms with Crippen LogP contribution in [0.4, 0.5) is 0 Å². The quantitative estimate of drug-likeness (QED) is 0.258. The standard InChI is InChI=1S/C32H56OSi/c1-10-24(22(2)3)12-11-23(4)28-15-16-29-27-14-13-25-21-26(33-34(7,8)9)17-19-31(25,5)30(27)18-20-32(28,29)6/h10,13,22-23,26-30H,11-12,14-21H2,1-9H3/b24-10-/t23-,26?,27+,28-,29+,30+,31+,32-/m1/s1. The number of hydrogen-bond donors (Lipinski definition) is 0. The molecule has 8 atom stereocenters. The molecule has 0 aromatic carbocycles. The van der Waals surface area contributed by atoms with Crippen molar-refractivity contribution >= 4 is 8.32 Å². The second-order valence-electron chi connectivity index (χ2n) is 14.6. The van der Waals surface area contributed by atoms with Gasteiger partial charge in [0, 0.05) is 6.10 Å². The first-order chi connectivity index (χ1) is 15.9. The van der Waals surface area contributed by atoms with Gasteiger partial charge in [0.2, 0.25) is 0 Å². The van der Waals surface area contributed by atoms with E-state index in [9.17, 15) is 0 Å². The zero-order chi connectivity index (χ0) is 24.9. The van der Waals surface area contributed by atoms with E-state index in [0.29, 0.717) is 22.9 Å². The fourth-order valence-electron chi connectivity index (χ4n) is 9.57. The van der Waals surface area contributed by atoms with Crippen LogP contribution in [0.2, 0.25) is 19.6 Å². The Balaban J connectivity index is 1.46. The SMILES string of the molecule is C/C=C(/CC[C@@H](C)[C@H]1CC[C@H]2[C@@H]3CC=C4CC(O[Si](C)(C)C)CC[C@]4(C)[C@H]3CC[C@]12C)C(C)C. The van der Waals surface area contributed by atoms with Gasteiger partial charge < -0.3 is 4.43 Å². The van der Waals surface area contributed by atoms with E-state index >= 15 is 0 Å². The van der Waals surface area contributed by atoms with Crippen LogP contribution in [0, 0.1) is 46.3 Å². The van der Waals surface area contributed by atoms with Crippen LogP contribution in [0.25, 0.3) is 0 Å². The van der Waals surface area contributed by atoms with Gasteiger partial charge in [0.05, 0.1) is 0 Å². The van der Waals surface area contributed by atoms with Crippen molar-refractivity contribution in [3.63, 3.8) is 0 Å². The maximum Gasteiger partial charge on any atom is 0.184 e. The molecule has 0 bridgehead atoms. The highest BCUT2D eigenvalue weighted by Crippen LogP contribution is 2.67. The monoisotopic (exact) mass is 484 g/mol. The molecule has 0 heterocycles. The van der Waals surface area contributed by atoms with Crippen LogP contribution < -0.4 is 0 Å². The number of rotatable bonds is 7. The normalized spacial score (nSPS) is 41.5. The highest BCUT2D eigenvalue weighted by atomic mass is 28.4. The lowest BCUT2D eigenvalue weighted by Gasteiger charge is -2.58. The Bertz CT molecular complexity index is 787. The molecule has 0 radical (unpaired) electrons. The van der Waals surface area contributed by atoms with Gasteiger partial charge in [-0.2, -0.15) is 0 Å². The van der Waals surface area contributed by atoms with E-state index in [-0.39, 0.29) is 0 Å². The van der Waals surface area contributed by atoms with Crippen molar-refractivity contribution in [3.05, 3.63) is 23.3 Å². The summed E-state index contributed by atoms with van der Waals surface area (Å²) in [6.45, 7) is 22.0. The minimum Gasteiger partial charge on any atom is -0.414 e. The third kappa shape index (κ3) is 4.93. The molecule has 2 heteroatoms. The van der Waals surface area contributed by atoms with Crippen LogP contribution in [0.1, 0.15) is 106 Å². The molecule has 4 aliphatic carbocycles. The number of fused-ring (bicyclic) bond motifs is 5. The Labute approximate surface area is 213 Å². The molecule has 0 N–H and O–H groups in total. The molecule has 34 heavy (non-hydrogen) atoms. The molecule has 0 aromatic rings. The van der Waals surface area contributed by atoms with Gasteiger partial charge in [-0.15, -0.1) is 0 Å². The fraction of sp³-hybridized carbons (Fsp3) is 0.875. The van der Waals surface area contributed by atoms with Crippen LogP contribution >= 0.6 is 0 Å². The molecular formula is C32H56OSi. The summed E-state index contributed by atoms with van der Waals surface area (Å²) in [5, 5.41) is 0. The van der Waals surface area contributed by atoms with Crippen LogP contribution in [0.15, 0.2) is 23.3 Å². The van der Waals surface area contributed by atoms with Crippen LogP contribution in [0.5, 0.6) is 0 Å². The zero-order valence-corrected chi connectivity index (χ0v) is 25.2. The van der Waals surface area contributed by atoms with E-state index in [1.54, 1.807) is 11.1 Å². The maximum absolute atomic E-state index is 6.59. The highest BCUT2D eigenvalue weighted by molar-refractivity contribution is 6.69. The molecule has 0 amide bonds. The number of hydrogen-bond acceptors (Lipinski definition) is 1. The molecule has 3 fully saturated rings. The molecule has 1 nitrogen and oxygen atoms in total. The smallest absolute Gasteiger partial charge is 0.184 e. The Kier molecular flexibility index (Phi) is 7.73. The topological polar surface area (TPSA) is 9.23 Å². The molecule has 4 aliphatic rings.